The molecule has 0 atom stereocenters. The minimum absolute atomic E-state index is 0.121. The SMILES string of the molecule is CC(C)(C)c1ccc(OCCNC(=O)C2CNC2)cc1. The lowest BCUT2D eigenvalue weighted by molar-refractivity contribution is -0.126. The molecule has 0 saturated carbocycles. The van der Waals surface area contributed by atoms with E-state index in [1.807, 2.05) is 12.1 Å². The number of hydrogen-bond acceptors (Lipinski definition) is 3. The van der Waals surface area contributed by atoms with E-state index in [-0.39, 0.29) is 17.2 Å². The van der Waals surface area contributed by atoms with E-state index < -0.39 is 0 Å². The molecule has 0 aliphatic carbocycles. The average Bonchev–Trinajstić information content (AvgIpc) is 2.32. The zero-order valence-electron chi connectivity index (χ0n) is 12.5. The summed E-state index contributed by atoms with van der Waals surface area (Å²) in [5, 5.41) is 5.97. The highest BCUT2D eigenvalue weighted by atomic mass is 16.5. The molecule has 4 nitrogen and oxygen atoms in total. The molecule has 0 spiro atoms. The number of nitrogens with one attached hydrogen (secondary N) is 2. The van der Waals surface area contributed by atoms with Gasteiger partial charge in [-0.2, -0.15) is 0 Å². The molecule has 1 fully saturated rings. The molecule has 4 heteroatoms. The van der Waals surface area contributed by atoms with Gasteiger partial charge in [-0.15, -0.1) is 0 Å². The number of ether oxygens (including phenoxy) is 1. The average molecular weight is 276 g/mol. The Kier molecular flexibility index (Phi) is 4.65. The predicted octanol–water partition coefficient (Wildman–Crippen LogP) is 1.70. The second-order valence-corrected chi connectivity index (χ2v) is 6.27. The molecule has 1 saturated heterocycles. The van der Waals surface area contributed by atoms with Gasteiger partial charge in [0.1, 0.15) is 12.4 Å². The number of rotatable bonds is 5. The Balaban J connectivity index is 1.70. The summed E-state index contributed by atoms with van der Waals surface area (Å²) in [6.07, 6.45) is 0. The molecule has 1 aromatic carbocycles. The molecule has 0 unspecified atom stereocenters. The van der Waals surface area contributed by atoms with Crippen LogP contribution in [0.4, 0.5) is 0 Å². The van der Waals surface area contributed by atoms with E-state index in [2.05, 4.69) is 43.5 Å². The molecule has 0 bridgehead atoms. The van der Waals surface area contributed by atoms with Gasteiger partial charge < -0.3 is 15.4 Å². The van der Waals surface area contributed by atoms with E-state index in [4.69, 9.17) is 4.74 Å². The Morgan fingerprint density at radius 1 is 1.30 bits per heavy atom. The first-order valence-electron chi connectivity index (χ1n) is 7.18. The van der Waals surface area contributed by atoms with Crippen LogP contribution in [0.3, 0.4) is 0 Å². The molecule has 1 aliphatic rings. The van der Waals surface area contributed by atoms with Crippen molar-refractivity contribution in [2.45, 2.75) is 26.2 Å². The monoisotopic (exact) mass is 276 g/mol. The summed E-state index contributed by atoms with van der Waals surface area (Å²) in [4.78, 5) is 11.6. The highest BCUT2D eigenvalue weighted by Gasteiger charge is 2.24. The lowest BCUT2D eigenvalue weighted by Gasteiger charge is -2.25. The minimum atomic E-state index is 0.121. The Bertz CT molecular complexity index is 445. The van der Waals surface area contributed by atoms with E-state index in [1.54, 1.807) is 0 Å². The maximum Gasteiger partial charge on any atom is 0.225 e. The lowest BCUT2D eigenvalue weighted by atomic mass is 9.87. The van der Waals surface area contributed by atoms with Gasteiger partial charge in [0, 0.05) is 13.1 Å². The molecule has 2 N–H and O–H groups in total. The summed E-state index contributed by atoms with van der Waals surface area (Å²) < 4.78 is 5.63. The second kappa shape index (κ2) is 6.27. The number of benzene rings is 1. The molecular weight excluding hydrogens is 252 g/mol. The van der Waals surface area contributed by atoms with E-state index >= 15 is 0 Å². The molecule has 0 radical (unpaired) electrons. The summed E-state index contributed by atoms with van der Waals surface area (Å²) in [6, 6.07) is 8.15. The Morgan fingerprint density at radius 2 is 1.95 bits per heavy atom. The first-order valence-corrected chi connectivity index (χ1v) is 7.18. The highest BCUT2D eigenvalue weighted by molar-refractivity contribution is 5.79. The highest BCUT2D eigenvalue weighted by Crippen LogP contribution is 2.24. The molecule has 20 heavy (non-hydrogen) atoms. The molecule has 0 aromatic heterocycles. The van der Waals surface area contributed by atoms with Crippen molar-refractivity contribution >= 4 is 5.91 Å². The van der Waals surface area contributed by atoms with Crippen molar-refractivity contribution in [3.63, 3.8) is 0 Å². The third-order valence-electron chi connectivity index (χ3n) is 3.54. The predicted molar refractivity (Wildman–Crippen MR) is 80.0 cm³/mol. The Labute approximate surface area is 120 Å². The van der Waals surface area contributed by atoms with Gasteiger partial charge in [-0.25, -0.2) is 0 Å². The van der Waals surface area contributed by atoms with Crippen LogP contribution in [-0.4, -0.2) is 32.1 Å². The lowest BCUT2D eigenvalue weighted by Crippen LogP contribution is -2.51. The molecule has 2 rings (SSSR count). The van der Waals surface area contributed by atoms with Crippen LogP contribution in [0.2, 0.25) is 0 Å². The van der Waals surface area contributed by atoms with Gasteiger partial charge >= 0.3 is 0 Å². The second-order valence-electron chi connectivity index (χ2n) is 6.27. The van der Waals surface area contributed by atoms with Crippen molar-refractivity contribution in [2.75, 3.05) is 26.2 Å². The molecule has 1 heterocycles. The van der Waals surface area contributed by atoms with Gasteiger partial charge in [-0.3, -0.25) is 4.79 Å². The van der Waals surface area contributed by atoms with Gasteiger partial charge in [0.05, 0.1) is 12.5 Å². The van der Waals surface area contributed by atoms with Gasteiger partial charge in [-0.05, 0) is 23.1 Å². The van der Waals surface area contributed by atoms with Crippen LogP contribution in [0.5, 0.6) is 5.75 Å². The Hall–Kier alpha value is -1.55. The summed E-state index contributed by atoms with van der Waals surface area (Å²) in [7, 11) is 0. The molecule has 1 aliphatic heterocycles. The fraction of sp³-hybridized carbons (Fsp3) is 0.562. The van der Waals surface area contributed by atoms with Crippen molar-refractivity contribution in [1.29, 1.82) is 0 Å². The summed E-state index contributed by atoms with van der Waals surface area (Å²) in [6.45, 7) is 9.20. The van der Waals surface area contributed by atoms with Crippen molar-refractivity contribution in [2.24, 2.45) is 5.92 Å². The van der Waals surface area contributed by atoms with Gasteiger partial charge in [0.15, 0.2) is 0 Å². The van der Waals surface area contributed by atoms with Gasteiger partial charge in [0.2, 0.25) is 5.91 Å². The van der Waals surface area contributed by atoms with E-state index in [1.165, 1.54) is 5.56 Å². The molecule has 1 aromatic rings. The summed E-state index contributed by atoms with van der Waals surface area (Å²) in [5.41, 5.74) is 1.44. The van der Waals surface area contributed by atoms with Crippen molar-refractivity contribution in [3.8, 4) is 5.75 Å². The normalized spacial score (nSPS) is 15.6. The smallest absolute Gasteiger partial charge is 0.225 e. The van der Waals surface area contributed by atoms with Crippen LogP contribution in [0.25, 0.3) is 0 Å². The Morgan fingerprint density at radius 3 is 2.45 bits per heavy atom. The number of hydrogen-bond donors (Lipinski definition) is 2. The van der Waals surface area contributed by atoms with E-state index in [9.17, 15) is 4.79 Å². The standard InChI is InChI=1S/C16H24N2O2/c1-16(2,3)13-4-6-14(7-5-13)20-9-8-18-15(19)12-10-17-11-12/h4-7,12,17H,8-11H2,1-3H3,(H,18,19). The fourth-order valence-corrected chi connectivity index (χ4v) is 2.01. The largest absolute Gasteiger partial charge is 0.492 e. The molecule has 1 amide bonds. The zero-order valence-corrected chi connectivity index (χ0v) is 12.5. The van der Waals surface area contributed by atoms with E-state index in [0.29, 0.717) is 13.2 Å². The van der Waals surface area contributed by atoms with Crippen molar-refractivity contribution < 1.29 is 9.53 Å². The quantitative estimate of drug-likeness (QED) is 0.805. The van der Waals surface area contributed by atoms with Crippen LogP contribution in [0, 0.1) is 5.92 Å². The minimum Gasteiger partial charge on any atom is -0.492 e. The number of amides is 1. The molecule has 110 valence electrons. The van der Waals surface area contributed by atoms with Crippen LogP contribution >= 0.6 is 0 Å². The van der Waals surface area contributed by atoms with Crippen molar-refractivity contribution in [1.82, 2.24) is 10.6 Å². The number of carbonyl (C=O) groups excluding carboxylic acids is 1. The summed E-state index contributed by atoms with van der Waals surface area (Å²) in [5.74, 6) is 1.11. The van der Waals surface area contributed by atoms with Crippen LogP contribution in [0.1, 0.15) is 26.3 Å². The van der Waals surface area contributed by atoms with Crippen LogP contribution in [-0.2, 0) is 10.2 Å². The van der Waals surface area contributed by atoms with Crippen LogP contribution in [0.15, 0.2) is 24.3 Å². The van der Waals surface area contributed by atoms with E-state index in [0.717, 1.165) is 18.8 Å². The maximum absolute atomic E-state index is 11.6. The first kappa shape index (κ1) is 14.9. The van der Waals surface area contributed by atoms with Crippen molar-refractivity contribution in [3.05, 3.63) is 29.8 Å². The fourth-order valence-electron chi connectivity index (χ4n) is 2.01. The topological polar surface area (TPSA) is 50.4 Å². The summed E-state index contributed by atoms with van der Waals surface area (Å²) >= 11 is 0. The third kappa shape index (κ3) is 3.97. The van der Waals surface area contributed by atoms with Crippen LogP contribution < -0.4 is 15.4 Å². The zero-order chi connectivity index (χ0) is 14.6. The van der Waals surface area contributed by atoms with Gasteiger partial charge in [-0.1, -0.05) is 32.9 Å². The van der Waals surface area contributed by atoms with Gasteiger partial charge in [0.25, 0.3) is 0 Å². The maximum atomic E-state index is 11.6. The molecular formula is C16H24N2O2. The number of carbonyl (C=O) groups is 1. The first-order chi connectivity index (χ1) is 9.47. The third-order valence-corrected chi connectivity index (χ3v) is 3.54.